The third kappa shape index (κ3) is 4.55. The number of likely N-dealkylation sites (tertiary alicyclic amines) is 1. The molecule has 7 nitrogen and oxygen atoms in total. The van der Waals surface area contributed by atoms with E-state index in [2.05, 4.69) is 20.4 Å². The predicted octanol–water partition coefficient (Wildman–Crippen LogP) is 2.94. The molecule has 0 radical (unpaired) electrons. The Hall–Kier alpha value is -2.96. The fourth-order valence-corrected chi connectivity index (χ4v) is 4.05. The lowest BCUT2D eigenvalue weighted by Crippen LogP contribution is -2.40. The van der Waals surface area contributed by atoms with Crippen LogP contribution in [0.15, 0.2) is 36.4 Å². The molecule has 1 aromatic heterocycles. The van der Waals surface area contributed by atoms with Crippen LogP contribution in [0.25, 0.3) is 11.3 Å². The Kier molecular flexibility index (Phi) is 5.74. The number of carbonyl (C=O) groups excluding carboxylic acids is 2. The molecule has 1 aromatic carbocycles. The maximum Gasteiger partial charge on any atom is 0.227 e. The first-order chi connectivity index (χ1) is 14.1. The van der Waals surface area contributed by atoms with E-state index in [0.717, 1.165) is 35.9 Å². The van der Waals surface area contributed by atoms with Crippen LogP contribution in [-0.4, -0.2) is 53.1 Å². The summed E-state index contributed by atoms with van der Waals surface area (Å²) in [5, 5.41) is 11.8. The average molecular weight is 393 g/mol. The van der Waals surface area contributed by atoms with Crippen molar-refractivity contribution in [3.8, 4) is 11.3 Å². The van der Waals surface area contributed by atoms with E-state index in [1.165, 1.54) is 12.8 Å². The van der Waals surface area contributed by atoms with Gasteiger partial charge in [-0.2, -0.15) is 0 Å². The molecule has 0 atom stereocenters. The highest BCUT2D eigenvalue weighted by atomic mass is 16.2. The van der Waals surface area contributed by atoms with Gasteiger partial charge in [0.2, 0.25) is 11.8 Å². The zero-order valence-corrected chi connectivity index (χ0v) is 16.8. The lowest BCUT2D eigenvalue weighted by Gasteiger charge is -2.30. The van der Waals surface area contributed by atoms with Gasteiger partial charge in [0, 0.05) is 50.3 Å². The molecule has 2 aliphatic heterocycles. The number of amides is 2. The lowest BCUT2D eigenvalue weighted by atomic mass is 9.95. The average Bonchev–Trinajstić information content (AvgIpc) is 3.29. The molecule has 152 valence electrons. The molecule has 0 spiro atoms. The van der Waals surface area contributed by atoms with Crippen molar-refractivity contribution in [1.82, 2.24) is 15.1 Å². The van der Waals surface area contributed by atoms with Crippen molar-refractivity contribution in [2.45, 2.75) is 32.6 Å². The monoisotopic (exact) mass is 393 g/mol. The number of anilines is 2. The van der Waals surface area contributed by atoms with E-state index < -0.39 is 0 Å². The molecule has 0 unspecified atom stereocenters. The van der Waals surface area contributed by atoms with Crippen LogP contribution in [0.3, 0.4) is 0 Å². The first-order valence-corrected chi connectivity index (χ1v) is 10.4. The minimum absolute atomic E-state index is 0.0146. The first-order valence-electron chi connectivity index (χ1n) is 10.4. The van der Waals surface area contributed by atoms with Crippen LogP contribution >= 0.6 is 0 Å². The van der Waals surface area contributed by atoms with E-state index in [1.54, 1.807) is 11.8 Å². The number of hydrogen-bond acceptors (Lipinski definition) is 5. The Morgan fingerprint density at radius 1 is 1.00 bits per heavy atom. The molecule has 2 aliphatic rings. The Morgan fingerprint density at radius 3 is 2.41 bits per heavy atom. The summed E-state index contributed by atoms with van der Waals surface area (Å²) >= 11 is 0. The highest BCUT2D eigenvalue weighted by Crippen LogP contribution is 2.25. The van der Waals surface area contributed by atoms with Gasteiger partial charge in [0.05, 0.1) is 5.69 Å². The van der Waals surface area contributed by atoms with Crippen molar-refractivity contribution in [3.63, 3.8) is 0 Å². The van der Waals surface area contributed by atoms with Crippen LogP contribution in [0.2, 0.25) is 0 Å². The summed E-state index contributed by atoms with van der Waals surface area (Å²) in [4.78, 5) is 28.1. The zero-order valence-electron chi connectivity index (χ0n) is 16.8. The molecular weight excluding hydrogens is 366 g/mol. The molecule has 0 aliphatic carbocycles. The minimum Gasteiger partial charge on any atom is -0.355 e. The summed E-state index contributed by atoms with van der Waals surface area (Å²) in [5.41, 5.74) is 2.47. The number of rotatable bonds is 4. The van der Waals surface area contributed by atoms with Gasteiger partial charge in [0.25, 0.3) is 0 Å². The second kappa shape index (κ2) is 8.59. The number of carbonyl (C=O) groups is 2. The van der Waals surface area contributed by atoms with Crippen LogP contribution < -0.4 is 10.2 Å². The van der Waals surface area contributed by atoms with Crippen LogP contribution in [-0.2, 0) is 9.59 Å². The molecule has 2 fully saturated rings. The summed E-state index contributed by atoms with van der Waals surface area (Å²) < 4.78 is 0. The van der Waals surface area contributed by atoms with E-state index in [4.69, 9.17) is 0 Å². The highest BCUT2D eigenvalue weighted by Gasteiger charge is 2.26. The maximum atomic E-state index is 12.6. The molecule has 2 amide bonds. The molecule has 4 rings (SSSR count). The standard InChI is InChI=1S/C22H27N5O2/c1-16(28)26-13-9-17(10-14-26)22(29)23-19-6-4-5-18(15-19)20-7-8-21(25-24-20)27-11-2-3-12-27/h4-8,15,17H,2-3,9-14H2,1H3,(H,23,29). The Balaban J connectivity index is 1.39. The summed E-state index contributed by atoms with van der Waals surface area (Å²) in [6.45, 7) is 4.95. The SMILES string of the molecule is CC(=O)N1CCC(C(=O)Nc2cccc(-c3ccc(N4CCCC4)nn3)c2)CC1. The second-order valence-corrected chi connectivity index (χ2v) is 7.82. The summed E-state index contributed by atoms with van der Waals surface area (Å²) in [7, 11) is 0. The van der Waals surface area contributed by atoms with Gasteiger partial charge in [-0.25, -0.2) is 0 Å². The van der Waals surface area contributed by atoms with Gasteiger partial charge >= 0.3 is 0 Å². The topological polar surface area (TPSA) is 78.4 Å². The zero-order chi connectivity index (χ0) is 20.2. The Labute approximate surface area is 171 Å². The van der Waals surface area contributed by atoms with Crippen LogP contribution in [0, 0.1) is 5.92 Å². The molecule has 2 saturated heterocycles. The van der Waals surface area contributed by atoms with Gasteiger partial charge in [0.1, 0.15) is 0 Å². The molecule has 3 heterocycles. The van der Waals surface area contributed by atoms with Gasteiger partial charge in [0.15, 0.2) is 5.82 Å². The highest BCUT2D eigenvalue weighted by molar-refractivity contribution is 5.93. The fourth-order valence-electron chi connectivity index (χ4n) is 4.05. The third-order valence-corrected chi connectivity index (χ3v) is 5.82. The number of benzene rings is 1. The van der Waals surface area contributed by atoms with Gasteiger partial charge < -0.3 is 15.1 Å². The Morgan fingerprint density at radius 2 is 1.76 bits per heavy atom. The van der Waals surface area contributed by atoms with Gasteiger partial charge in [-0.15, -0.1) is 10.2 Å². The molecule has 2 aromatic rings. The van der Waals surface area contributed by atoms with Gasteiger partial charge in [-0.1, -0.05) is 12.1 Å². The van der Waals surface area contributed by atoms with Gasteiger partial charge in [-0.3, -0.25) is 9.59 Å². The van der Waals surface area contributed by atoms with Crippen LogP contribution in [0.5, 0.6) is 0 Å². The maximum absolute atomic E-state index is 12.6. The minimum atomic E-state index is -0.0613. The number of hydrogen-bond donors (Lipinski definition) is 1. The lowest BCUT2D eigenvalue weighted by molar-refractivity contribution is -0.132. The number of aromatic nitrogens is 2. The number of piperidine rings is 1. The van der Waals surface area contributed by atoms with Crippen molar-refractivity contribution in [3.05, 3.63) is 36.4 Å². The van der Waals surface area contributed by atoms with Crippen molar-refractivity contribution >= 4 is 23.3 Å². The van der Waals surface area contributed by atoms with Crippen molar-refractivity contribution in [2.24, 2.45) is 5.92 Å². The van der Waals surface area contributed by atoms with Crippen LogP contribution in [0.1, 0.15) is 32.6 Å². The van der Waals surface area contributed by atoms with E-state index in [9.17, 15) is 9.59 Å². The van der Waals surface area contributed by atoms with E-state index in [1.807, 2.05) is 36.4 Å². The number of nitrogens with one attached hydrogen (secondary N) is 1. The molecule has 7 heteroatoms. The summed E-state index contributed by atoms with van der Waals surface area (Å²) in [5.74, 6) is 0.954. The quantitative estimate of drug-likeness (QED) is 0.864. The summed E-state index contributed by atoms with van der Waals surface area (Å²) in [6.07, 6.45) is 3.82. The normalized spacial score (nSPS) is 17.4. The fraction of sp³-hybridized carbons (Fsp3) is 0.455. The molecular formula is C22H27N5O2. The van der Waals surface area contributed by atoms with Gasteiger partial charge in [-0.05, 0) is 49.9 Å². The van der Waals surface area contributed by atoms with Crippen molar-refractivity contribution in [1.29, 1.82) is 0 Å². The summed E-state index contributed by atoms with van der Waals surface area (Å²) in [6, 6.07) is 11.7. The number of nitrogens with zero attached hydrogens (tertiary/aromatic N) is 4. The third-order valence-electron chi connectivity index (χ3n) is 5.82. The molecule has 0 bridgehead atoms. The van der Waals surface area contributed by atoms with E-state index in [-0.39, 0.29) is 17.7 Å². The largest absolute Gasteiger partial charge is 0.355 e. The first kappa shape index (κ1) is 19.4. The smallest absolute Gasteiger partial charge is 0.227 e. The van der Waals surface area contributed by atoms with Crippen LogP contribution in [0.4, 0.5) is 11.5 Å². The van der Waals surface area contributed by atoms with E-state index in [0.29, 0.717) is 25.9 Å². The van der Waals surface area contributed by atoms with E-state index >= 15 is 0 Å². The molecule has 1 N–H and O–H groups in total. The second-order valence-electron chi connectivity index (χ2n) is 7.82. The molecule has 0 saturated carbocycles. The molecule has 29 heavy (non-hydrogen) atoms. The van der Waals surface area contributed by atoms with Crippen molar-refractivity contribution in [2.75, 3.05) is 36.4 Å². The predicted molar refractivity (Wildman–Crippen MR) is 113 cm³/mol. The Bertz CT molecular complexity index is 869. The van der Waals surface area contributed by atoms with Crippen molar-refractivity contribution < 1.29 is 9.59 Å².